The number of rotatable bonds is 17. The Morgan fingerprint density at radius 1 is 0.857 bits per heavy atom. The first-order valence-electron chi connectivity index (χ1n) is 11.6. The molecule has 3 N–H and O–H groups in total. The summed E-state index contributed by atoms with van der Waals surface area (Å²) in [6.07, 6.45) is 17.8. The van der Waals surface area contributed by atoms with Crippen molar-refractivity contribution in [1.29, 1.82) is 0 Å². The molecule has 1 saturated heterocycles. The van der Waals surface area contributed by atoms with E-state index in [1.54, 1.807) is 0 Å². The van der Waals surface area contributed by atoms with Gasteiger partial charge in [0.2, 0.25) is 0 Å². The summed E-state index contributed by atoms with van der Waals surface area (Å²) in [4.78, 5) is 0. The van der Waals surface area contributed by atoms with E-state index in [2.05, 4.69) is 19.1 Å². The fourth-order valence-electron chi connectivity index (χ4n) is 3.62. The Balaban J connectivity index is 1.89. The molecule has 0 saturated carbocycles. The molecule has 1 rings (SSSR count). The van der Waals surface area contributed by atoms with Gasteiger partial charge in [0.1, 0.15) is 24.4 Å². The average molecular weight is 401 g/mol. The van der Waals surface area contributed by atoms with E-state index in [1.165, 1.54) is 70.6 Å². The first kappa shape index (κ1) is 25.6. The molecule has 0 amide bonds. The van der Waals surface area contributed by atoms with E-state index < -0.39 is 24.4 Å². The largest absolute Gasteiger partial charge is 0.394 e. The molecule has 5 nitrogen and oxygen atoms in total. The minimum Gasteiger partial charge on any atom is -0.394 e. The fourth-order valence-corrected chi connectivity index (χ4v) is 3.62. The molecule has 0 aliphatic carbocycles. The molecule has 0 spiro atoms. The van der Waals surface area contributed by atoms with Crippen LogP contribution in [0.4, 0.5) is 0 Å². The van der Waals surface area contributed by atoms with Gasteiger partial charge in [-0.1, -0.05) is 70.4 Å². The van der Waals surface area contributed by atoms with Crippen LogP contribution < -0.4 is 0 Å². The lowest BCUT2D eigenvalue weighted by molar-refractivity contribution is -0.210. The Hall–Kier alpha value is -0.460. The summed E-state index contributed by atoms with van der Waals surface area (Å²) in [5.74, 6) is 0. The van der Waals surface area contributed by atoms with Crippen LogP contribution in [0.5, 0.6) is 0 Å². The van der Waals surface area contributed by atoms with Crippen LogP contribution in [-0.2, 0) is 9.47 Å². The highest BCUT2D eigenvalue weighted by Crippen LogP contribution is 2.19. The number of allylic oxidation sites excluding steroid dienone is 2. The number of hydrogen-bond acceptors (Lipinski definition) is 5. The Kier molecular flexibility index (Phi) is 15.9. The molecule has 0 aromatic carbocycles. The summed E-state index contributed by atoms with van der Waals surface area (Å²) in [6, 6.07) is 0. The second kappa shape index (κ2) is 17.4. The van der Waals surface area contributed by atoms with Gasteiger partial charge < -0.3 is 24.8 Å². The first-order valence-corrected chi connectivity index (χ1v) is 11.6. The summed E-state index contributed by atoms with van der Waals surface area (Å²) in [7, 11) is 0. The minimum atomic E-state index is -0.975. The maximum Gasteiger partial charge on any atom is 0.114 e. The zero-order chi connectivity index (χ0) is 20.5. The number of aliphatic hydroxyl groups excluding tert-OH is 3. The monoisotopic (exact) mass is 400 g/mol. The molecule has 1 aliphatic heterocycles. The third kappa shape index (κ3) is 11.5. The highest BCUT2D eigenvalue weighted by atomic mass is 16.6. The molecule has 0 radical (unpaired) electrons. The molecule has 0 unspecified atom stereocenters. The van der Waals surface area contributed by atoms with Crippen LogP contribution in [0.1, 0.15) is 90.4 Å². The zero-order valence-electron chi connectivity index (χ0n) is 17.9. The SMILES string of the molecule is CCCCCCCC/C=C/CCCCCCCO[C@@H]1[C@@H](O)[C@H](CO)OC[C@H]1O. The summed E-state index contributed by atoms with van der Waals surface area (Å²) < 4.78 is 10.8. The Morgan fingerprint density at radius 3 is 2.04 bits per heavy atom. The topological polar surface area (TPSA) is 79.2 Å². The van der Waals surface area contributed by atoms with Crippen molar-refractivity contribution in [3.8, 4) is 0 Å². The number of aliphatic hydroxyl groups is 3. The van der Waals surface area contributed by atoms with Gasteiger partial charge >= 0.3 is 0 Å². The van der Waals surface area contributed by atoms with Gasteiger partial charge in [-0.25, -0.2) is 0 Å². The summed E-state index contributed by atoms with van der Waals surface area (Å²) >= 11 is 0. The molecule has 4 atom stereocenters. The quantitative estimate of drug-likeness (QED) is 0.253. The van der Waals surface area contributed by atoms with E-state index in [0.29, 0.717) is 6.61 Å². The first-order chi connectivity index (χ1) is 13.7. The number of hydrogen-bond donors (Lipinski definition) is 3. The lowest BCUT2D eigenvalue weighted by atomic mass is 10.0. The molecule has 0 bridgehead atoms. The van der Waals surface area contributed by atoms with Crippen molar-refractivity contribution in [2.24, 2.45) is 0 Å². The molecule has 0 aromatic heterocycles. The molecule has 28 heavy (non-hydrogen) atoms. The number of ether oxygens (including phenoxy) is 2. The standard InChI is InChI=1S/C23H44O5/c1-2-3-4-5-6-7-8-9-10-11-12-13-14-15-16-17-27-23-20(25)19-28-21(18-24)22(23)26/h9-10,20-26H,2-8,11-19H2,1H3/b10-9+/t20-,21+,22+,23+/m1/s1. The van der Waals surface area contributed by atoms with E-state index in [1.807, 2.05) is 0 Å². The molecular formula is C23H44O5. The van der Waals surface area contributed by atoms with E-state index in [4.69, 9.17) is 14.6 Å². The van der Waals surface area contributed by atoms with Crippen LogP contribution in [0.3, 0.4) is 0 Å². The average Bonchev–Trinajstić information content (AvgIpc) is 2.70. The molecule has 1 fully saturated rings. The normalized spacial score (nSPS) is 25.6. The van der Waals surface area contributed by atoms with Crippen molar-refractivity contribution in [3.63, 3.8) is 0 Å². The van der Waals surface area contributed by atoms with Crippen molar-refractivity contribution in [2.75, 3.05) is 19.8 Å². The lowest BCUT2D eigenvalue weighted by Gasteiger charge is -2.37. The van der Waals surface area contributed by atoms with Gasteiger partial charge in [0.15, 0.2) is 0 Å². The van der Waals surface area contributed by atoms with Crippen LogP contribution in [0, 0.1) is 0 Å². The minimum absolute atomic E-state index is 0.0966. The summed E-state index contributed by atoms with van der Waals surface area (Å²) in [6.45, 7) is 2.61. The van der Waals surface area contributed by atoms with Crippen molar-refractivity contribution < 1.29 is 24.8 Å². The second-order valence-electron chi connectivity index (χ2n) is 8.03. The van der Waals surface area contributed by atoms with E-state index in [9.17, 15) is 10.2 Å². The van der Waals surface area contributed by atoms with Gasteiger partial charge in [-0.15, -0.1) is 0 Å². The molecule has 0 aromatic rings. The van der Waals surface area contributed by atoms with Gasteiger partial charge in [0.25, 0.3) is 0 Å². The smallest absolute Gasteiger partial charge is 0.114 e. The van der Waals surface area contributed by atoms with Gasteiger partial charge in [0, 0.05) is 6.61 Å². The van der Waals surface area contributed by atoms with Crippen molar-refractivity contribution in [3.05, 3.63) is 12.2 Å². The Bertz CT molecular complexity index is 374. The van der Waals surface area contributed by atoms with Crippen LogP contribution >= 0.6 is 0 Å². The third-order valence-electron chi connectivity index (χ3n) is 5.47. The molecule has 166 valence electrons. The second-order valence-corrected chi connectivity index (χ2v) is 8.03. The summed E-state index contributed by atoms with van der Waals surface area (Å²) in [5, 5.41) is 29.1. The third-order valence-corrected chi connectivity index (χ3v) is 5.47. The summed E-state index contributed by atoms with van der Waals surface area (Å²) in [5.41, 5.74) is 0. The van der Waals surface area contributed by atoms with Crippen LogP contribution in [0.25, 0.3) is 0 Å². The highest BCUT2D eigenvalue weighted by molar-refractivity contribution is 4.87. The number of unbranched alkanes of at least 4 members (excludes halogenated alkanes) is 11. The predicted molar refractivity (Wildman–Crippen MR) is 113 cm³/mol. The van der Waals surface area contributed by atoms with Crippen LogP contribution in [0.15, 0.2) is 12.2 Å². The fraction of sp³-hybridized carbons (Fsp3) is 0.913. The maximum atomic E-state index is 10.0. The van der Waals surface area contributed by atoms with Gasteiger partial charge in [-0.05, 0) is 32.1 Å². The molecular weight excluding hydrogens is 356 g/mol. The van der Waals surface area contributed by atoms with E-state index in [0.717, 1.165) is 12.8 Å². The molecule has 1 aliphatic rings. The van der Waals surface area contributed by atoms with E-state index >= 15 is 0 Å². The Morgan fingerprint density at radius 2 is 1.43 bits per heavy atom. The predicted octanol–water partition coefficient (Wildman–Crippen LogP) is 4.13. The van der Waals surface area contributed by atoms with Gasteiger partial charge in [-0.3, -0.25) is 0 Å². The van der Waals surface area contributed by atoms with Gasteiger partial charge in [0.05, 0.1) is 13.2 Å². The Labute approximate surface area is 172 Å². The molecule has 5 heteroatoms. The van der Waals surface area contributed by atoms with Gasteiger partial charge in [-0.2, -0.15) is 0 Å². The van der Waals surface area contributed by atoms with Crippen LogP contribution in [-0.4, -0.2) is 59.6 Å². The lowest BCUT2D eigenvalue weighted by Crippen LogP contribution is -2.55. The maximum absolute atomic E-state index is 10.0. The van der Waals surface area contributed by atoms with Crippen molar-refractivity contribution >= 4 is 0 Å². The van der Waals surface area contributed by atoms with Crippen LogP contribution in [0.2, 0.25) is 0 Å². The van der Waals surface area contributed by atoms with Crippen molar-refractivity contribution in [1.82, 2.24) is 0 Å². The van der Waals surface area contributed by atoms with E-state index in [-0.39, 0.29) is 13.2 Å². The highest BCUT2D eigenvalue weighted by Gasteiger charge is 2.38. The molecule has 1 heterocycles. The van der Waals surface area contributed by atoms with Crippen molar-refractivity contribution in [2.45, 2.75) is 115 Å². The zero-order valence-corrected chi connectivity index (χ0v) is 17.9.